The molecule has 6 nitrogen and oxygen atoms in total. The van der Waals surface area contributed by atoms with Crippen molar-refractivity contribution in [2.24, 2.45) is 5.92 Å². The summed E-state index contributed by atoms with van der Waals surface area (Å²) < 4.78 is 6.03. The minimum Gasteiger partial charge on any atom is -0.489 e. The minimum atomic E-state index is -0.151. The van der Waals surface area contributed by atoms with Crippen molar-refractivity contribution in [3.05, 3.63) is 40.9 Å². The van der Waals surface area contributed by atoms with Crippen LogP contribution in [-0.4, -0.2) is 68.0 Å². The van der Waals surface area contributed by atoms with Crippen LogP contribution in [0.3, 0.4) is 0 Å². The second-order valence-electron chi connectivity index (χ2n) is 7.95. The van der Waals surface area contributed by atoms with Crippen molar-refractivity contribution >= 4 is 23.4 Å². The fraction of sp³-hybridized carbons (Fsp3) is 0.545. The summed E-state index contributed by atoms with van der Waals surface area (Å²) in [6.07, 6.45) is 5.09. The van der Waals surface area contributed by atoms with Crippen molar-refractivity contribution in [1.29, 1.82) is 0 Å². The van der Waals surface area contributed by atoms with Gasteiger partial charge in [0.2, 0.25) is 5.91 Å². The summed E-state index contributed by atoms with van der Waals surface area (Å²) in [5, 5.41) is 3.29. The number of piperidine rings is 1. The van der Waals surface area contributed by atoms with Gasteiger partial charge in [-0.3, -0.25) is 9.59 Å². The molecular formula is C22H32ClN3O3. The molecule has 1 aromatic rings. The van der Waals surface area contributed by atoms with Crippen molar-refractivity contribution < 1.29 is 14.3 Å². The fourth-order valence-corrected chi connectivity index (χ4v) is 3.21. The molecule has 1 fully saturated rings. The number of hydrogen-bond acceptors (Lipinski definition) is 4. The van der Waals surface area contributed by atoms with Crippen LogP contribution in [0.15, 0.2) is 30.4 Å². The number of carbonyl (C=O) groups excluding carboxylic acids is 2. The zero-order valence-electron chi connectivity index (χ0n) is 17.8. The lowest BCUT2D eigenvalue weighted by Gasteiger charge is -2.31. The van der Waals surface area contributed by atoms with E-state index in [1.165, 1.54) is 0 Å². The minimum absolute atomic E-state index is 0.00500. The summed E-state index contributed by atoms with van der Waals surface area (Å²) in [6.45, 7) is 6.77. The first-order valence-electron chi connectivity index (χ1n) is 10.1. The van der Waals surface area contributed by atoms with E-state index in [4.69, 9.17) is 16.3 Å². The van der Waals surface area contributed by atoms with E-state index in [2.05, 4.69) is 5.32 Å². The van der Waals surface area contributed by atoms with E-state index >= 15 is 0 Å². The molecule has 29 heavy (non-hydrogen) atoms. The molecule has 0 aliphatic carbocycles. The number of hydrogen-bond donors (Lipinski definition) is 1. The molecule has 1 N–H and O–H groups in total. The Morgan fingerprint density at radius 1 is 1.31 bits per heavy atom. The molecule has 1 saturated heterocycles. The molecule has 0 radical (unpaired) electrons. The summed E-state index contributed by atoms with van der Waals surface area (Å²) in [5.74, 6) is 0.836. The molecule has 0 spiro atoms. The zero-order chi connectivity index (χ0) is 21.4. The predicted octanol–water partition coefficient (Wildman–Crippen LogP) is 3.21. The van der Waals surface area contributed by atoms with Crippen molar-refractivity contribution in [2.75, 3.05) is 40.3 Å². The maximum atomic E-state index is 12.2. The van der Waals surface area contributed by atoms with Gasteiger partial charge in [0.05, 0.1) is 5.02 Å². The Kier molecular flexibility index (Phi) is 8.99. The number of benzene rings is 1. The van der Waals surface area contributed by atoms with Gasteiger partial charge in [0.1, 0.15) is 11.9 Å². The molecule has 0 saturated carbocycles. The highest BCUT2D eigenvalue weighted by molar-refractivity contribution is 6.32. The molecule has 0 aromatic heterocycles. The third kappa shape index (κ3) is 7.71. The molecule has 1 aliphatic rings. The van der Waals surface area contributed by atoms with Crippen LogP contribution < -0.4 is 10.1 Å². The number of rotatable bonds is 8. The lowest BCUT2D eigenvalue weighted by atomic mass is 10.1. The Hall–Kier alpha value is -2.05. The van der Waals surface area contributed by atoms with Gasteiger partial charge in [-0.15, -0.1) is 0 Å². The summed E-state index contributed by atoms with van der Waals surface area (Å²) in [6, 6.07) is 5.10. The first-order valence-corrected chi connectivity index (χ1v) is 10.5. The zero-order valence-corrected chi connectivity index (χ0v) is 18.5. The molecular weight excluding hydrogens is 390 g/mol. The normalized spacial score (nSPS) is 15.3. The summed E-state index contributed by atoms with van der Waals surface area (Å²) in [7, 11) is 3.91. The quantitative estimate of drug-likeness (QED) is 0.655. The van der Waals surface area contributed by atoms with E-state index in [1.807, 2.05) is 43.8 Å². The standard InChI is InChI=1S/C22H32ClN3O3/c1-16(2)5-8-21(27)26-12-9-18(10-13-26)29-20-7-6-17(15-19(20)23)22(28)24-11-14-25(3)4/h5-8,15-16,18H,9-14H2,1-4H3,(H,24,28)/b8-5+. The second-order valence-corrected chi connectivity index (χ2v) is 8.36. The van der Waals surface area contributed by atoms with Crippen molar-refractivity contribution in [3.63, 3.8) is 0 Å². The lowest BCUT2D eigenvalue weighted by Crippen LogP contribution is -2.41. The van der Waals surface area contributed by atoms with Crippen LogP contribution >= 0.6 is 11.6 Å². The Bertz CT molecular complexity index is 726. The van der Waals surface area contributed by atoms with Gasteiger partial charge in [0, 0.05) is 44.6 Å². The van der Waals surface area contributed by atoms with Crippen LogP contribution in [0, 0.1) is 5.92 Å². The highest BCUT2D eigenvalue weighted by Crippen LogP contribution is 2.28. The first kappa shape index (κ1) is 23.2. The van der Waals surface area contributed by atoms with Crippen LogP contribution in [0.25, 0.3) is 0 Å². The largest absolute Gasteiger partial charge is 0.489 e. The Labute approximate surface area is 178 Å². The van der Waals surface area contributed by atoms with E-state index in [9.17, 15) is 9.59 Å². The van der Waals surface area contributed by atoms with Crippen molar-refractivity contribution in [2.45, 2.75) is 32.8 Å². The van der Waals surface area contributed by atoms with Crippen LogP contribution in [0.2, 0.25) is 5.02 Å². The number of nitrogens with one attached hydrogen (secondary N) is 1. The maximum Gasteiger partial charge on any atom is 0.251 e. The number of allylic oxidation sites excluding steroid dienone is 1. The number of ether oxygens (including phenoxy) is 1. The molecule has 1 aromatic carbocycles. The van der Waals surface area contributed by atoms with Gasteiger partial charge < -0.3 is 19.9 Å². The molecule has 0 atom stereocenters. The van der Waals surface area contributed by atoms with Crippen molar-refractivity contribution in [3.8, 4) is 5.75 Å². The van der Waals surface area contributed by atoms with Crippen LogP contribution in [-0.2, 0) is 4.79 Å². The molecule has 2 rings (SSSR count). The van der Waals surface area contributed by atoms with Gasteiger partial charge >= 0.3 is 0 Å². The summed E-state index contributed by atoms with van der Waals surface area (Å²) >= 11 is 6.34. The SMILES string of the molecule is CC(C)/C=C/C(=O)N1CCC(Oc2ccc(C(=O)NCCN(C)C)cc2Cl)CC1. The molecule has 1 heterocycles. The number of likely N-dealkylation sites (tertiary alicyclic amines) is 1. The van der Waals surface area contributed by atoms with Gasteiger partial charge in [0.15, 0.2) is 0 Å². The Morgan fingerprint density at radius 2 is 2.00 bits per heavy atom. The van der Waals surface area contributed by atoms with E-state index in [0.29, 0.717) is 41.9 Å². The van der Waals surface area contributed by atoms with Crippen LogP contribution in [0.4, 0.5) is 0 Å². The number of halogens is 1. The molecule has 0 unspecified atom stereocenters. The second kappa shape index (κ2) is 11.2. The van der Waals surface area contributed by atoms with E-state index in [-0.39, 0.29) is 17.9 Å². The number of nitrogens with zero attached hydrogens (tertiary/aromatic N) is 2. The van der Waals surface area contributed by atoms with Crippen molar-refractivity contribution in [1.82, 2.24) is 15.1 Å². The third-order valence-corrected chi connectivity index (χ3v) is 5.01. The lowest BCUT2D eigenvalue weighted by molar-refractivity contribution is -0.127. The highest BCUT2D eigenvalue weighted by atomic mass is 35.5. The fourth-order valence-electron chi connectivity index (χ4n) is 2.99. The molecule has 160 valence electrons. The Morgan fingerprint density at radius 3 is 2.59 bits per heavy atom. The van der Waals surface area contributed by atoms with E-state index in [1.54, 1.807) is 24.3 Å². The average molecular weight is 422 g/mol. The van der Waals surface area contributed by atoms with Gasteiger partial charge in [-0.2, -0.15) is 0 Å². The molecule has 2 amide bonds. The van der Waals surface area contributed by atoms with Crippen LogP contribution in [0.5, 0.6) is 5.75 Å². The third-order valence-electron chi connectivity index (χ3n) is 4.71. The van der Waals surface area contributed by atoms with Gasteiger partial charge in [-0.1, -0.05) is 31.5 Å². The van der Waals surface area contributed by atoms with E-state index in [0.717, 1.165) is 19.4 Å². The number of amides is 2. The van der Waals surface area contributed by atoms with Gasteiger partial charge in [0.25, 0.3) is 5.91 Å². The average Bonchev–Trinajstić information content (AvgIpc) is 2.67. The topological polar surface area (TPSA) is 61.9 Å². The number of carbonyl (C=O) groups is 2. The van der Waals surface area contributed by atoms with Gasteiger partial charge in [-0.05, 0) is 44.3 Å². The first-order chi connectivity index (χ1) is 13.8. The predicted molar refractivity (Wildman–Crippen MR) is 117 cm³/mol. The molecule has 1 aliphatic heterocycles. The summed E-state index contributed by atoms with van der Waals surface area (Å²) in [4.78, 5) is 28.2. The highest BCUT2D eigenvalue weighted by Gasteiger charge is 2.23. The van der Waals surface area contributed by atoms with Crippen LogP contribution in [0.1, 0.15) is 37.0 Å². The van der Waals surface area contributed by atoms with E-state index < -0.39 is 0 Å². The smallest absolute Gasteiger partial charge is 0.251 e. The Balaban J connectivity index is 1.85. The molecule has 7 heteroatoms. The molecule has 0 bridgehead atoms. The number of likely N-dealkylation sites (N-methyl/N-ethyl adjacent to an activating group) is 1. The monoisotopic (exact) mass is 421 g/mol. The summed E-state index contributed by atoms with van der Waals surface area (Å²) in [5.41, 5.74) is 0.512. The maximum absolute atomic E-state index is 12.2. The van der Waals surface area contributed by atoms with Gasteiger partial charge in [-0.25, -0.2) is 0 Å².